The number of hydrogen-bond donors (Lipinski definition) is 3. The third-order valence-corrected chi connectivity index (χ3v) is 4.61. The van der Waals surface area contributed by atoms with Crippen LogP contribution in [-0.2, 0) is 4.74 Å². The molecule has 8 nitrogen and oxygen atoms in total. The number of fused-ring (bicyclic) bond motifs is 1. The van der Waals surface area contributed by atoms with Crippen LogP contribution in [-0.4, -0.2) is 43.1 Å². The Kier molecular flexibility index (Phi) is 3.44. The minimum absolute atomic E-state index is 0.0612. The third-order valence-electron chi connectivity index (χ3n) is 3.56. The van der Waals surface area contributed by atoms with E-state index in [0.29, 0.717) is 16.0 Å². The highest BCUT2D eigenvalue weighted by Gasteiger charge is 2.39. The number of nitrogen functional groups attached to an aromatic ring is 1. The van der Waals surface area contributed by atoms with Gasteiger partial charge in [0, 0.05) is 6.42 Å². The first-order valence-electron chi connectivity index (χ1n) is 6.55. The number of thiazole rings is 1. The van der Waals surface area contributed by atoms with Crippen LogP contribution in [0.15, 0.2) is 4.79 Å². The summed E-state index contributed by atoms with van der Waals surface area (Å²) in [6.07, 6.45) is -2.76. The van der Waals surface area contributed by atoms with E-state index in [0.717, 1.165) is 11.3 Å². The molecular weight excluding hydrogens is 296 g/mol. The van der Waals surface area contributed by atoms with Gasteiger partial charge in [0.15, 0.2) is 11.9 Å². The number of aliphatic hydroxyl groups is 2. The first-order valence-corrected chi connectivity index (χ1v) is 7.37. The van der Waals surface area contributed by atoms with E-state index >= 15 is 0 Å². The Bertz CT molecular complexity index is 741. The number of hydrogen-bond acceptors (Lipinski definition) is 8. The summed E-state index contributed by atoms with van der Waals surface area (Å²) in [6.45, 7) is 3.32. The van der Waals surface area contributed by atoms with Crippen molar-refractivity contribution in [2.24, 2.45) is 0 Å². The van der Waals surface area contributed by atoms with E-state index in [2.05, 4.69) is 9.97 Å². The molecule has 3 heterocycles. The highest BCUT2D eigenvalue weighted by Crippen LogP contribution is 2.33. The minimum Gasteiger partial charge on any atom is -0.391 e. The molecule has 1 aliphatic rings. The van der Waals surface area contributed by atoms with Gasteiger partial charge in [0.05, 0.1) is 22.6 Å². The fourth-order valence-electron chi connectivity index (χ4n) is 2.52. The molecule has 0 bridgehead atoms. The Morgan fingerprint density at radius 1 is 1.52 bits per heavy atom. The first kappa shape index (κ1) is 14.4. The van der Waals surface area contributed by atoms with Crippen molar-refractivity contribution in [1.82, 2.24) is 14.5 Å². The molecule has 0 spiro atoms. The molecule has 1 fully saturated rings. The molecule has 4 atom stereocenters. The average molecular weight is 312 g/mol. The van der Waals surface area contributed by atoms with E-state index in [4.69, 9.17) is 10.5 Å². The van der Waals surface area contributed by atoms with E-state index in [1.807, 2.05) is 0 Å². The van der Waals surface area contributed by atoms with Crippen LogP contribution in [0.5, 0.6) is 0 Å². The van der Waals surface area contributed by atoms with Gasteiger partial charge in [-0.3, -0.25) is 9.36 Å². The first-order chi connectivity index (χ1) is 9.88. The lowest BCUT2D eigenvalue weighted by atomic mass is 10.1. The number of nitrogens with zero attached hydrogens (tertiary/aromatic N) is 3. The molecule has 1 saturated heterocycles. The quantitative estimate of drug-likeness (QED) is 0.700. The number of aryl methyl sites for hydroxylation is 1. The zero-order valence-electron chi connectivity index (χ0n) is 11.6. The van der Waals surface area contributed by atoms with Gasteiger partial charge in [0.2, 0.25) is 5.95 Å². The Labute approximate surface area is 123 Å². The van der Waals surface area contributed by atoms with Crippen molar-refractivity contribution < 1.29 is 14.9 Å². The maximum atomic E-state index is 12.2. The zero-order valence-corrected chi connectivity index (χ0v) is 12.4. The van der Waals surface area contributed by atoms with Crippen LogP contribution >= 0.6 is 11.3 Å². The average Bonchev–Trinajstić information content (AvgIpc) is 2.90. The largest absolute Gasteiger partial charge is 0.391 e. The normalized spacial score (nSPS) is 27.3. The number of aromatic nitrogens is 3. The lowest BCUT2D eigenvalue weighted by Gasteiger charge is -2.17. The van der Waals surface area contributed by atoms with Crippen molar-refractivity contribution in [1.29, 1.82) is 0 Å². The molecule has 21 heavy (non-hydrogen) atoms. The molecule has 9 heteroatoms. The monoisotopic (exact) mass is 312 g/mol. The van der Waals surface area contributed by atoms with Gasteiger partial charge in [0.1, 0.15) is 6.10 Å². The Balaban J connectivity index is 2.13. The van der Waals surface area contributed by atoms with Crippen LogP contribution in [0.3, 0.4) is 0 Å². The van der Waals surface area contributed by atoms with Crippen LogP contribution in [0.4, 0.5) is 5.95 Å². The molecule has 1 aliphatic heterocycles. The van der Waals surface area contributed by atoms with Crippen molar-refractivity contribution in [2.45, 2.75) is 44.8 Å². The van der Waals surface area contributed by atoms with Crippen molar-refractivity contribution >= 4 is 27.6 Å². The molecular formula is C12H16N4O4S. The Morgan fingerprint density at radius 2 is 2.24 bits per heavy atom. The maximum absolute atomic E-state index is 12.2. The van der Waals surface area contributed by atoms with Gasteiger partial charge in [-0.25, -0.2) is 4.98 Å². The van der Waals surface area contributed by atoms with Gasteiger partial charge < -0.3 is 20.7 Å². The van der Waals surface area contributed by atoms with Gasteiger partial charge in [0.25, 0.3) is 0 Å². The van der Waals surface area contributed by atoms with Crippen LogP contribution < -0.4 is 10.6 Å². The van der Waals surface area contributed by atoms with E-state index in [1.165, 1.54) is 4.57 Å². The van der Waals surface area contributed by atoms with Gasteiger partial charge in [-0.2, -0.15) is 4.98 Å². The molecule has 0 aromatic carbocycles. The van der Waals surface area contributed by atoms with Gasteiger partial charge >= 0.3 is 4.87 Å². The predicted molar refractivity (Wildman–Crippen MR) is 77.0 cm³/mol. The van der Waals surface area contributed by atoms with Crippen LogP contribution in [0.2, 0.25) is 0 Å². The van der Waals surface area contributed by atoms with Gasteiger partial charge in [-0.05, 0) is 13.8 Å². The lowest BCUT2D eigenvalue weighted by molar-refractivity contribution is -0.0701. The second kappa shape index (κ2) is 5.02. The molecule has 0 radical (unpaired) electrons. The number of nitrogens with two attached hydrogens (primary N) is 1. The summed E-state index contributed by atoms with van der Waals surface area (Å²) >= 11 is 0.986. The summed E-state index contributed by atoms with van der Waals surface area (Å²) in [5, 5.41) is 19.7. The van der Waals surface area contributed by atoms with Gasteiger partial charge in [-0.1, -0.05) is 11.3 Å². The fourth-order valence-corrected chi connectivity index (χ4v) is 3.41. The molecule has 2 aromatic rings. The van der Waals surface area contributed by atoms with E-state index in [-0.39, 0.29) is 17.2 Å². The van der Waals surface area contributed by atoms with Crippen molar-refractivity contribution in [3.63, 3.8) is 0 Å². The number of anilines is 1. The summed E-state index contributed by atoms with van der Waals surface area (Å²) < 4.78 is 7.52. The highest BCUT2D eigenvalue weighted by molar-refractivity contribution is 7.16. The molecule has 1 unspecified atom stereocenters. The minimum atomic E-state index is -0.892. The second-order valence-corrected chi connectivity index (χ2v) is 6.13. The Morgan fingerprint density at radius 3 is 2.86 bits per heavy atom. The van der Waals surface area contributed by atoms with Crippen LogP contribution in [0.25, 0.3) is 10.3 Å². The van der Waals surface area contributed by atoms with Crippen molar-refractivity contribution in [3.8, 4) is 0 Å². The van der Waals surface area contributed by atoms with Gasteiger partial charge in [-0.15, -0.1) is 0 Å². The van der Waals surface area contributed by atoms with Crippen molar-refractivity contribution in [2.75, 3.05) is 5.73 Å². The second-order valence-electron chi connectivity index (χ2n) is 5.17. The lowest BCUT2D eigenvalue weighted by Crippen LogP contribution is -2.27. The van der Waals surface area contributed by atoms with Crippen molar-refractivity contribution in [3.05, 3.63) is 15.4 Å². The molecule has 2 aromatic heterocycles. The number of ether oxygens (including phenoxy) is 1. The van der Waals surface area contributed by atoms with E-state index in [1.54, 1.807) is 13.8 Å². The summed E-state index contributed by atoms with van der Waals surface area (Å²) in [5.41, 5.74) is 6.60. The van der Waals surface area contributed by atoms with E-state index in [9.17, 15) is 15.0 Å². The molecule has 4 N–H and O–H groups in total. The summed E-state index contributed by atoms with van der Waals surface area (Å²) in [5.74, 6) is 0.0612. The van der Waals surface area contributed by atoms with E-state index < -0.39 is 24.5 Å². The fraction of sp³-hybridized carbons (Fsp3) is 0.583. The standard InChI is InChI=1S/C12H16N4O4S/c1-4-8-9(15-11(13)14-4)16(12(19)21-8)10-6(18)3-7(20-10)5(2)17/h5-7,10,17-18H,3H2,1-2H3,(H2,13,14,15)/t5?,6-,7+,10-/m1/s1. The number of aliphatic hydroxyl groups excluding tert-OH is 2. The smallest absolute Gasteiger partial charge is 0.311 e. The zero-order chi connectivity index (χ0) is 15.3. The third kappa shape index (κ3) is 2.31. The summed E-state index contributed by atoms with van der Waals surface area (Å²) in [7, 11) is 0. The topological polar surface area (TPSA) is 123 Å². The van der Waals surface area contributed by atoms with Crippen LogP contribution in [0, 0.1) is 6.92 Å². The Hall–Kier alpha value is -1.55. The molecule has 3 rings (SSSR count). The SMILES string of the molecule is Cc1nc(N)nc2c1sc(=O)n2[C@@H]1O[C@H](C(C)O)C[C@H]1O. The van der Waals surface area contributed by atoms with Crippen LogP contribution in [0.1, 0.15) is 25.3 Å². The molecule has 114 valence electrons. The molecule has 0 aliphatic carbocycles. The summed E-state index contributed by atoms with van der Waals surface area (Å²) in [4.78, 5) is 20.0. The number of rotatable bonds is 2. The molecule has 0 amide bonds. The highest BCUT2D eigenvalue weighted by atomic mass is 32.1. The molecule has 0 saturated carbocycles. The summed E-state index contributed by atoms with van der Waals surface area (Å²) in [6, 6.07) is 0. The maximum Gasteiger partial charge on any atom is 0.311 e. The predicted octanol–water partition coefficient (Wildman–Crippen LogP) is -0.227.